The van der Waals surface area contributed by atoms with E-state index in [1.807, 2.05) is 42.5 Å². The number of carbonyl (C=O) groups excluding carboxylic acids is 1. The molecule has 0 fully saturated rings. The Morgan fingerprint density at radius 1 is 1.17 bits per heavy atom. The fourth-order valence-corrected chi connectivity index (χ4v) is 2.82. The zero-order chi connectivity index (χ0) is 16.7. The first-order valence-electron chi connectivity index (χ1n) is 7.51. The van der Waals surface area contributed by atoms with Crippen molar-refractivity contribution in [2.45, 2.75) is 6.92 Å². The Hall–Kier alpha value is -3.34. The summed E-state index contributed by atoms with van der Waals surface area (Å²) in [6.07, 6.45) is 1.61. The topological polar surface area (TPSA) is 75.4 Å². The number of fused-ring (bicyclic) bond motifs is 2. The van der Waals surface area contributed by atoms with Crippen LogP contribution in [-0.2, 0) is 4.79 Å². The summed E-state index contributed by atoms with van der Waals surface area (Å²) in [4.78, 5) is 15.5. The molecule has 2 aromatic carbocycles. The highest BCUT2D eigenvalue weighted by Crippen LogP contribution is 2.37. The van der Waals surface area contributed by atoms with E-state index in [0.29, 0.717) is 17.0 Å². The molecule has 0 aliphatic rings. The van der Waals surface area contributed by atoms with Crippen molar-refractivity contribution in [3.8, 4) is 17.1 Å². The predicted octanol–water partition coefficient (Wildman–Crippen LogP) is 4.31. The molecule has 1 amide bonds. The first kappa shape index (κ1) is 14.3. The second-order valence-electron chi connectivity index (χ2n) is 5.55. The Labute approximate surface area is 137 Å². The lowest BCUT2D eigenvalue weighted by Gasteiger charge is -2.09. The Bertz CT molecular complexity index is 1050. The van der Waals surface area contributed by atoms with Crippen LogP contribution in [0, 0.1) is 0 Å². The van der Waals surface area contributed by atoms with Crippen LogP contribution in [0.15, 0.2) is 59.1 Å². The first-order valence-corrected chi connectivity index (χ1v) is 7.51. The lowest BCUT2D eigenvalue weighted by molar-refractivity contribution is -0.114. The Morgan fingerprint density at radius 2 is 2.00 bits per heavy atom. The van der Waals surface area contributed by atoms with Gasteiger partial charge in [-0.25, -0.2) is 0 Å². The quantitative estimate of drug-likeness (QED) is 0.540. The van der Waals surface area contributed by atoms with Crippen molar-refractivity contribution in [3.05, 3.63) is 54.7 Å². The highest BCUT2D eigenvalue weighted by molar-refractivity contribution is 6.02. The number of nitrogens with zero attached hydrogens (tertiary/aromatic N) is 1. The number of phenolic OH excluding ortho intramolecular Hbond substituents is 1. The van der Waals surface area contributed by atoms with Crippen molar-refractivity contribution in [3.63, 3.8) is 0 Å². The number of pyridine rings is 1. The molecule has 2 aromatic heterocycles. The van der Waals surface area contributed by atoms with E-state index in [-0.39, 0.29) is 11.7 Å². The summed E-state index contributed by atoms with van der Waals surface area (Å²) in [6, 6.07) is 15.1. The van der Waals surface area contributed by atoms with Crippen LogP contribution in [0.1, 0.15) is 6.92 Å². The van der Waals surface area contributed by atoms with Crippen molar-refractivity contribution >= 4 is 33.5 Å². The smallest absolute Gasteiger partial charge is 0.221 e. The van der Waals surface area contributed by atoms with Crippen LogP contribution in [0.25, 0.3) is 33.2 Å². The molecule has 0 aliphatic carbocycles. The monoisotopic (exact) mass is 318 g/mol. The molecule has 2 heterocycles. The van der Waals surface area contributed by atoms with Gasteiger partial charge >= 0.3 is 0 Å². The van der Waals surface area contributed by atoms with E-state index >= 15 is 0 Å². The first-order chi connectivity index (χ1) is 11.6. The third kappa shape index (κ3) is 2.27. The van der Waals surface area contributed by atoms with Gasteiger partial charge in [0.05, 0.1) is 5.69 Å². The number of nitrogens with one attached hydrogen (secondary N) is 1. The van der Waals surface area contributed by atoms with Crippen molar-refractivity contribution < 1.29 is 14.3 Å². The van der Waals surface area contributed by atoms with Gasteiger partial charge in [0.15, 0.2) is 5.75 Å². The van der Waals surface area contributed by atoms with Crippen molar-refractivity contribution in [2.24, 2.45) is 0 Å². The van der Waals surface area contributed by atoms with Gasteiger partial charge in [0.2, 0.25) is 5.91 Å². The summed E-state index contributed by atoms with van der Waals surface area (Å²) >= 11 is 0. The van der Waals surface area contributed by atoms with Crippen LogP contribution >= 0.6 is 0 Å². The standard InChI is InChI=1S/C19H14N2O3/c1-11(22)21-15-7-6-14-13(8-9-20-18(14)19(15)23)17-10-12-4-2-3-5-16(12)24-17/h2-10,23H,1H3,(H,21,22). The number of amides is 1. The molecule has 5 nitrogen and oxygen atoms in total. The summed E-state index contributed by atoms with van der Waals surface area (Å²) in [5.74, 6) is 0.397. The zero-order valence-electron chi connectivity index (χ0n) is 12.9. The van der Waals surface area contributed by atoms with Crippen molar-refractivity contribution in [2.75, 3.05) is 5.32 Å². The van der Waals surface area contributed by atoms with Crippen molar-refractivity contribution in [1.82, 2.24) is 4.98 Å². The molecule has 4 rings (SSSR count). The molecule has 0 spiro atoms. The molecule has 2 N–H and O–H groups in total. The van der Waals surface area contributed by atoms with Crippen LogP contribution in [0.5, 0.6) is 5.75 Å². The highest BCUT2D eigenvalue weighted by Gasteiger charge is 2.14. The fraction of sp³-hybridized carbons (Fsp3) is 0.0526. The number of aromatic hydroxyl groups is 1. The molecule has 24 heavy (non-hydrogen) atoms. The van der Waals surface area contributed by atoms with E-state index in [1.54, 1.807) is 12.3 Å². The molecule has 0 radical (unpaired) electrons. The Kier molecular flexibility index (Phi) is 3.20. The molecule has 0 atom stereocenters. The van der Waals surface area contributed by atoms with E-state index in [9.17, 15) is 9.90 Å². The number of hydrogen-bond acceptors (Lipinski definition) is 4. The zero-order valence-corrected chi connectivity index (χ0v) is 12.9. The van der Waals surface area contributed by atoms with Crippen LogP contribution < -0.4 is 5.32 Å². The second kappa shape index (κ2) is 5.38. The Balaban J connectivity index is 1.93. The number of benzene rings is 2. The number of anilines is 1. The third-order valence-electron chi connectivity index (χ3n) is 3.89. The van der Waals surface area contributed by atoms with Gasteiger partial charge in [0.25, 0.3) is 0 Å². The average Bonchev–Trinajstić information content (AvgIpc) is 3.00. The summed E-state index contributed by atoms with van der Waals surface area (Å²) in [5, 5.41) is 14.8. The highest BCUT2D eigenvalue weighted by atomic mass is 16.3. The van der Waals surface area contributed by atoms with Gasteiger partial charge in [-0.05, 0) is 30.3 Å². The summed E-state index contributed by atoms with van der Waals surface area (Å²) in [7, 11) is 0. The number of para-hydroxylation sites is 1. The molecule has 0 aliphatic heterocycles. The molecular formula is C19H14N2O3. The summed E-state index contributed by atoms with van der Waals surface area (Å²) < 4.78 is 5.92. The summed E-state index contributed by atoms with van der Waals surface area (Å²) in [5.41, 5.74) is 2.39. The van der Waals surface area contributed by atoms with Gasteiger partial charge in [-0.1, -0.05) is 18.2 Å². The molecule has 118 valence electrons. The number of rotatable bonds is 2. The lowest BCUT2D eigenvalue weighted by atomic mass is 10.1. The lowest BCUT2D eigenvalue weighted by Crippen LogP contribution is -2.06. The maximum atomic E-state index is 11.2. The van der Waals surface area contributed by atoms with Gasteiger partial charge in [0, 0.05) is 29.5 Å². The predicted molar refractivity (Wildman–Crippen MR) is 92.9 cm³/mol. The van der Waals surface area contributed by atoms with Crippen molar-refractivity contribution in [1.29, 1.82) is 0 Å². The van der Waals surface area contributed by atoms with Crippen LogP contribution in [0.3, 0.4) is 0 Å². The minimum atomic E-state index is -0.252. The maximum absolute atomic E-state index is 11.2. The van der Waals surface area contributed by atoms with Crippen LogP contribution in [0.2, 0.25) is 0 Å². The van der Waals surface area contributed by atoms with Crippen LogP contribution in [0.4, 0.5) is 5.69 Å². The van der Waals surface area contributed by atoms with Gasteiger partial charge in [0.1, 0.15) is 16.9 Å². The average molecular weight is 318 g/mol. The van der Waals surface area contributed by atoms with E-state index in [4.69, 9.17) is 4.42 Å². The third-order valence-corrected chi connectivity index (χ3v) is 3.89. The SMILES string of the molecule is CC(=O)Nc1ccc2c(-c3cc4ccccc4o3)ccnc2c1O. The molecule has 4 aromatic rings. The molecule has 0 unspecified atom stereocenters. The van der Waals surface area contributed by atoms with Crippen LogP contribution in [-0.4, -0.2) is 16.0 Å². The normalized spacial score (nSPS) is 11.0. The second-order valence-corrected chi connectivity index (χ2v) is 5.55. The van der Waals surface area contributed by atoms with E-state index in [1.165, 1.54) is 6.92 Å². The Morgan fingerprint density at radius 3 is 2.79 bits per heavy atom. The minimum Gasteiger partial charge on any atom is -0.504 e. The van der Waals surface area contributed by atoms with Gasteiger partial charge in [-0.2, -0.15) is 0 Å². The van der Waals surface area contributed by atoms with Gasteiger partial charge in [-0.3, -0.25) is 9.78 Å². The number of hydrogen-bond donors (Lipinski definition) is 2. The van der Waals surface area contributed by atoms with E-state index in [0.717, 1.165) is 21.9 Å². The number of carbonyl (C=O) groups is 1. The molecule has 5 heteroatoms. The molecular weight excluding hydrogens is 304 g/mol. The molecule has 0 bridgehead atoms. The largest absolute Gasteiger partial charge is 0.504 e. The van der Waals surface area contributed by atoms with Gasteiger partial charge in [-0.15, -0.1) is 0 Å². The fourth-order valence-electron chi connectivity index (χ4n) is 2.82. The number of furan rings is 1. The van der Waals surface area contributed by atoms with E-state index in [2.05, 4.69) is 10.3 Å². The molecule has 0 saturated carbocycles. The minimum absolute atomic E-state index is 0.0549. The summed E-state index contributed by atoms with van der Waals surface area (Å²) in [6.45, 7) is 1.39. The number of phenols is 1. The molecule has 0 saturated heterocycles. The maximum Gasteiger partial charge on any atom is 0.221 e. The van der Waals surface area contributed by atoms with E-state index < -0.39 is 0 Å². The number of aromatic nitrogens is 1. The van der Waals surface area contributed by atoms with Gasteiger partial charge < -0.3 is 14.8 Å².